The number of rotatable bonds is 9. The fourth-order valence-electron chi connectivity index (χ4n) is 2.29. The normalized spacial score (nSPS) is 12.3. The monoisotopic (exact) mass is 380 g/mol. The van der Waals surface area contributed by atoms with Crippen LogP contribution in [-0.2, 0) is 17.1 Å². The molecule has 2 aromatic rings. The number of aryl methyl sites for hydroxylation is 1. The Kier molecular flexibility index (Phi) is 6.71. The third kappa shape index (κ3) is 5.50. The first-order valence-corrected chi connectivity index (χ1v) is 10.2. The van der Waals surface area contributed by atoms with Crippen LogP contribution in [0.15, 0.2) is 24.3 Å². The van der Waals surface area contributed by atoms with E-state index < -0.39 is 14.8 Å². The third-order valence-electron chi connectivity index (χ3n) is 4.04. The summed E-state index contributed by atoms with van der Waals surface area (Å²) in [4.78, 5) is 0. The minimum absolute atomic E-state index is 0.486. The molecule has 26 heavy (non-hydrogen) atoms. The number of sulfonamides is 1. The molecular formula is C17H28N6O2S. The number of nitrogens with one attached hydrogen (secondary N) is 2. The SMILES string of the molecule is Cn1nnnc1-c1ccc(NCCCCCNS(=O)(=O)C(C)(C)C)cc1. The number of hydrogen-bond acceptors (Lipinski definition) is 6. The Labute approximate surface area is 155 Å². The van der Waals surface area contributed by atoms with Gasteiger partial charge in [-0.25, -0.2) is 17.8 Å². The molecule has 1 heterocycles. The summed E-state index contributed by atoms with van der Waals surface area (Å²) in [5.41, 5.74) is 2.01. The Balaban J connectivity index is 1.65. The number of unbranched alkanes of at least 4 members (excludes halogenated alkanes) is 2. The van der Waals surface area contributed by atoms with Crippen LogP contribution < -0.4 is 10.0 Å². The predicted octanol–water partition coefficient (Wildman–Crippen LogP) is 2.18. The molecule has 0 spiro atoms. The van der Waals surface area contributed by atoms with Crippen LogP contribution in [-0.4, -0.2) is 46.5 Å². The minimum atomic E-state index is -3.24. The van der Waals surface area contributed by atoms with E-state index in [1.54, 1.807) is 25.5 Å². The van der Waals surface area contributed by atoms with Crippen LogP contribution in [0.5, 0.6) is 0 Å². The summed E-state index contributed by atoms with van der Waals surface area (Å²) in [6, 6.07) is 7.97. The molecule has 0 aliphatic heterocycles. The third-order valence-corrected chi connectivity index (χ3v) is 6.24. The highest BCUT2D eigenvalue weighted by Crippen LogP contribution is 2.18. The van der Waals surface area contributed by atoms with Gasteiger partial charge in [0.25, 0.3) is 0 Å². The molecule has 0 atom stereocenters. The zero-order valence-corrected chi connectivity index (χ0v) is 16.7. The molecule has 1 aromatic carbocycles. The van der Waals surface area contributed by atoms with E-state index in [9.17, 15) is 8.42 Å². The van der Waals surface area contributed by atoms with Crippen LogP contribution in [0.4, 0.5) is 5.69 Å². The predicted molar refractivity (Wildman–Crippen MR) is 103 cm³/mol. The van der Waals surface area contributed by atoms with Gasteiger partial charge in [0.2, 0.25) is 10.0 Å². The lowest BCUT2D eigenvalue weighted by Crippen LogP contribution is -2.39. The molecule has 1 aromatic heterocycles. The lowest BCUT2D eigenvalue weighted by Gasteiger charge is -2.19. The maximum absolute atomic E-state index is 11.9. The second-order valence-corrected chi connectivity index (χ2v) is 9.72. The van der Waals surface area contributed by atoms with E-state index in [1.165, 1.54) is 0 Å². The van der Waals surface area contributed by atoms with Gasteiger partial charge in [-0.1, -0.05) is 6.42 Å². The number of nitrogens with zero attached hydrogens (tertiary/aromatic N) is 4. The highest BCUT2D eigenvalue weighted by molar-refractivity contribution is 7.90. The Morgan fingerprint density at radius 3 is 2.27 bits per heavy atom. The van der Waals surface area contributed by atoms with Crippen LogP contribution in [0.3, 0.4) is 0 Å². The molecule has 144 valence electrons. The molecule has 0 radical (unpaired) electrons. The summed E-state index contributed by atoms with van der Waals surface area (Å²) in [6.45, 7) is 6.43. The van der Waals surface area contributed by atoms with Crippen molar-refractivity contribution in [2.45, 2.75) is 44.8 Å². The fraction of sp³-hybridized carbons (Fsp3) is 0.588. The second kappa shape index (κ2) is 8.59. The summed E-state index contributed by atoms with van der Waals surface area (Å²) >= 11 is 0. The van der Waals surface area contributed by atoms with Crippen molar-refractivity contribution in [2.24, 2.45) is 7.05 Å². The smallest absolute Gasteiger partial charge is 0.216 e. The molecule has 0 aliphatic carbocycles. The van der Waals surface area contributed by atoms with Crippen molar-refractivity contribution in [3.05, 3.63) is 24.3 Å². The zero-order valence-electron chi connectivity index (χ0n) is 15.9. The number of benzene rings is 1. The first kappa shape index (κ1) is 20.3. The second-order valence-electron chi connectivity index (χ2n) is 7.20. The van der Waals surface area contributed by atoms with E-state index in [1.807, 2.05) is 31.3 Å². The van der Waals surface area contributed by atoms with Crippen LogP contribution in [0.1, 0.15) is 40.0 Å². The number of anilines is 1. The molecule has 0 bridgehead atoms. The highest BCUT2D eigenvalue weighted by Gasteiger charge is 2.27. The van der Waals surface area contributed by atoms with Crippen molar-refractivity contribution < 1.29 is 8.42 Å². The summed E-state index contributed by atoms with van der Waals surface area (Å²) in [5.74, 6) is 0.731. The van der Waals surface area contributed by atoms with Gasteiger partial charge in [-0.15, -0.1) is 5.10 Å². The Hall–Kier alpha value is -2.00. The Morgan fingerprint density at radius 2 is 1.69 bits per heavy atom. The van der Waals surface area contributed by atoms with Crippen molar-refractivity contribution >= 4 is 15.7 Å². The number of tetrazole rings is 1. The van der Waals surface area contributed by atoms with Crippen molar-refractivity contribution in [1.29, 1.82) is 0 Å². The van der Waals surface area contributed by atoms with Gasteiger partial charge in [-0.3, -0.25) is 0 Å². The minimum Gasteiger partial charge on any atom is -0.385 e. The molecule has 9 heteroatoms. The van der Waals surface area contributed by atoms with E-state index in [-0.39, 0.29) is 0 Å². The van der Waals surface area contributed by atoms with Crippen molar-refractivity contribution in [1.82, 2.24) is 24.9 Å². The molecule has 2 rings (SSSR count). The molecule has 0 amide bonds. The van der Waals surface area contributed by atoms with Crippen LogP contribution in [0, 0.1) is 0 Å². The summed E-state index contributed by atoms with van der Waals surface area (Å²) < 4.78 is 27.4. The van der Waals surface area contributed by atoms with E-state index in [4.69, 9.17) is 0 Å². The molecule has 0 unspecified atom stereocenters. The van der Waals surface area contributed by atoms with E-state index in [0.717, 1.165) is 42.9 Å². The van der Waals surface area contributed by atoms with Crippen molar-refractivity contribution in [3.8, 4) is 11.4 Å². The first-order valence-electron chi connectivity index (χ1n) is 8.76. The van der Waals surface area contributed by atoms with Gasteiger partial charge in [0.1, 0.15) is 0 Å². The first-order chi connectivity index (χ1) is 12.2. The molecule has 0 saturated carbocycles. The molecule has 0 saturated heterocycles. The van der Waals surface area contributed by atoms with Crippen LogP contribution in [0.25, 0.3) is 11.4 Å². The van der Waals surface area contributed by atoms with E-state index >= 15 is 0 Å². The van der Waals surface area contributed by atoms with Gasteiger partial charge in [0.15, 0.2) is 5.82 Å². The van der Waals surface area contributed by atoms with E-state index in [2.05, 4.69) is 25.6 Å². The lowest BCUT2D eigenvalue weighted by atomic mass is 10.2. The number of hydrogen-bond donors (Lipinski definition) is 2. The van der Waals surface area contributed by atoms with Crippen LogP contribution in [0.2, 0.25) is 0 Å². The molecule has 0 aliphatic rings. The van der Waals surface area contributed by atoms with Gasteiger partial charge >= 0.3 is 0 Å². The molecule has 8 nitrogen and oxygen atoms in total. The van der Waals surface area contributed by atoms with E-state index in [0.29, 0.717) is 6.54 Å². The quantitative estimate of drug-likeness (QED) is 0.647. The number of aromatic nitrogens is 4. The average Bonchev–Trinajstić information content (AvgIpc) is 2.99. The van der Waals surface area contributed by atoms with Gasteiger partial charge in [0.05, 0.1) is 4.75 Å². The average molecular weight is 381 g/mol. The topological polar surface area (TPSA) is 102 Å². The van der Waals surface area contributed by atoms with Crippen molar-refractivity contribution in [3.63, 3.8) is 0 Å². The lowest BCUT2D eigenvalue weighted by molar-refractivity contribution is 0.540. The van der Waals surface area contributed by atoms with Gasteiger partial charge in [-0.2, -0.15) is 0 Å². The molecule has 0 fully saturated rings. The van der Waals surface area contributed by atoms with Gasteiger partial charge < -0.3 is 5.32 Å². The summed E-state index contributed by atoms with van der Waals surface area (Å²) in [6.07, 6.45) is 2.77. The van der Waals surface area contributed by atoms with Crippen molar-refractivity contribution in [2.75, 3.05) is 18.4 Å². The summed E-state index contributed by atoms with van der Waals surface area (Å²) in [7, 11) is -1.43. The fourth-order valence-corrected chi connectivity index (χ4v) is 3.14. The Bertz CT molecular complexity index is 793. The van der Waals surface area contributed by atoms with Gasteiger partial charge in [0, 0.05) is 31.4 Å². The molecular weight excluding hydrogens is 352 g/mol. The maximum Gasteiger partial charge on any atom is 0.216 e. The summed E-state index contributed by atoms with van der Waals surface area (Å²) in [5, 5.41) is 14.8. The van der Waals surface area contributed by atoms with Crippen LogP contribution >= 0.6 is 0 Å². The molecule has 2 N–H and O–H groups in total. The largest absolute Gasteiger partial charge is 0.385 e. The van der Waals surface area contributed by atoms with Gasteiger partial charge in [-0.05, 0) is 68.3 Å². The standard InChI is InChI=1S/C17H28N6O2S/c1-17(2,3)26(24,25)19-13-7-5-6-12-18-15-10-8-14(9-11-15)16-20-21-22-23(16)4/h8-11,18-19H,5-7,12-13H2,1-4H3. The maximum atomic E-state index is 11.9. The zero-order chi connectivity index (χ0) is 19.2. The Morgan fingerprint density at radius 1 is 1.04 bits per heavy atom. The highest BCUT2D eigenvalue weighted by atomic mass is 32.2.